The molecule has 2 fully saturated rings. The van der Waals surface area contributed by atoms with Crippen LogP contribution in [-0.4, -0.2) is 39.8 Å². The molecule has 2 aromatic rings. The number of carbonyl (C=O) groups is 1. The number of hydrogen-bond donors (Lipinski definition) is 2. The molecule has 26 heavy (non-hydrogen) atoms. The minimum absolute atomic E-state index is 0.0400. The zero-order chi connectivity index (χ0) is 17.9. The first-order chi connectivity index (χ1) is 12.7. The molecule has 2 aliphatic rings. The number of anilines is 1. The second-order valence-corrected chi connectivity index (χ2v) is 7.24. The predicted molar refractivity (Wildman–Crippen MR) is 99.6 cm³/mol. The van der Waals surface area contributed by atoms with Crippen molar-refractivity contribution >= 4 is 11.7 Å². The van der Waals surface area contributed by atoms with Gasteiger partial charge in [-0.25, -0.2) is 4.98 Å². The van der Waals surface area contributed by atoms with Gasteiger partial charge in [0.05, 0.1) is 12.2 Å². The Kier molecular flexibility index (Phi) is 4.88. The fourth-order valence-corrected chi connectivity index (χ4v) is 3.84. The second-order valence-electron chi connectivity index (χ2n) is 7.24. The molecule has 2 atom stereocenters. The molecule has 0 aliphatic carbocycles. The van der Waals surface area contributed by atoms with Gasteiger partial charge in [0.1, 0.15) is 5.82 Å². The molecule has 7 heteroatoms. The van der Waals surface area contributed by atoms with Crippen molar-refractivity contribution in [2.24, 2.45) is 7.05 Å². The summed E-state index contributed by atoms with van der Waals surface area (Å²) >= 11 is 0. The highest BCUT2D eigenvalue weighted by atomic mass is 16.1. The van der Waals surface area contributed by atoms with Crippen LogP contribution in [0.1, 0.15) is 42.9 Å². The maximum absolute atomic E-state index is 11.9. The molecule has 4 heterocycles. The van der Waals surface area contributed by atoms with Crippen LogP contribution in [0, 0.1) is 0 Å². The molecule has 0 radical (unpaired) electrons. The fraction of sp³-hybridized carbons (Fsp3) is 0.526. The number of piperidine rings is 1. The number of pyridine rings is 1. The summed E-state index contributed by atoms with van der Waals surface area (Å²) in [7, 11) is 1.89. The van der Waals surface area contributed by atoms with E-state index in [-0.39, 0.29) is 18.0 Å². The number of hydrogen-bond acceptors (Lipinski definition) is 5. The SMILES string of the molecule is Cn1cc([C@@H]2NC(=O)CC[C@H]2NCc2ccc(N3CCCC3)nc2)cn1. The smallest absolute Gasteiger partial charge is 0.220 e. The summed E-state index contributed by atoms with van der Waals surface area (Å²) in [6.07, 6.45) is 9.66. The Morgan fingerprint density at radius 3 is 2.81 bits per heavy atom. The number of nitrogens with one attached hydrogen (secondary N) is 2. The van der Waals surface area contributed by atoms with E-state index in [0.717, 1.165) is 43.0 Å². The van der Waals surface area contributed by atoms with Gasteiger partial charge in [0.25, 0.3) is 0 Å². The largest absolute Gasteiger partial charge is 0.357 e. The molecule has 0 spiro atoms. The topological polar surface area (TPSA) is 75.1 Å². The number of aromatic nitrogens is 3. The Morgan fingerprint density at radius 2 is 2.12 bits per heavy atom. The maximum atomic E-state index is 11.9. The van der Waals surface area contributed by atoms with Gasteiger partial charge in [0.2, 0.25) is 5.91 Å². The standard InChI is InChI=1S/C19H26N6O/c1-24-13-15(12-22-24)19-16(5-7-18(26)23-19)20-10-14-4-6-17(21-11-14)25-8-2-3-9-25/h4,6,11-13,16,19-20H,2-3,5,7-10H2,1H3,(H,23,26)/t16-,19+/m1/s1. The van der Waals surface area contributed by atoms with Gasteiger partial charge in [-0.15, -0.1) is 0 Å². The van der Waals surface area contributed by atoms with E-state index in [1.54, 1.807) is 4.68 Å². The number of amides is 1. The van der Waals surface area contributed by atoms with Gasteiger partial charge in [-0.05, 0) is 30.9 Å². The van der Waals surface area contributed by atoms with E-state index in [9.17, 15) is 4.79 Å². The van der Waals surface area contributed by atoms with E-state index in [2.05, 4.69) is 37.7 Å². The summed E-state index contributed by atoms with van der Waals surface area (Å²) in [5, 5.41) is 10.9. The van der Waals surface area contributed by atoms with Crippen LogP contribution < -0.4 is 15.5 Å². The average Bonchev–Trinajstić information content (AvgIpc) is 3.33. The van der Waals surface area contributed by atoms with Crippen molar-refractivity contribution in [3.05, 3.63) is 41.9 Å². The molecule has 2 saturated heterocycles. The average molecular weight is 354 g/mol. The van der Waals surface area contributed by atoms with E-state index < -0.39 is 0 Å². The summed E-state index contributed by atoms with van der Waals surface area (Å²) in [5.74, 6) is 1.18. The Hall–Kier alpha value is -2.41. The van der Waals surface area contributed by atoms with Crippen molar-refractivity contribution in [2.45, 2.75) is 44.3 Å². The van der Waals surface area contributed by atoms with Crippen molar-refractivity contribution in [1.29, 1.82) is 0 Å². The first-order valence-electron chi connectivity index (χ1n) is 9.40. The van der Waals surface area contributed by atoms with Gasteiger partial charge in [0.15, 0.2) is 0 Å². The molecular formula is C19H26N6O. The van der Waals surface area contributed by atoms with Crippen LogP contribution in [-0.2, 0) is 18.4 Å². The van der Waals surface area contributed by atoms with Crippen LogP contribution in [0.2, 0.25) is 0 Å². The molecule has 0 aromatic carbocycles. The van der Waals surface area contributed by atoms with Gasteiger partial charge < -0.3 is 15.5 Å². The van der Waals surface area contributed by atoms with Gasteiger partial charge in [-0.1, -0.05) is 6.07 Å². The first kappa shape index (κ1) is 17.0. The highest BCUT2D eigenvalue weighted by molar-refractivity contribution is 5.77. The predicted octanol–water partition coefficient (Wildman–Crippen LogP) is 1.52. The molecule has 2 aliphatic heterocycles. The Balaban J connectivity index is 1.39. The van der Waals surface area contributed by atoms with Crippen LogP contribution in [0.4, 0.5) is 5.82 Å². The summed E-state index contributed by atoms with van der Waals surface area (Å²) in [6, 6.07) is 4.41. The lowest BCUT2D eigenvalue weighted by atomic mass is 9.93. The normalized spacial score (nSPS) is 23.3. The van der Waals surface area contributed by atoms with Crippen molar-refractivity contribution in [1.82, 2.24) is 25.4 Å². The van der Waals surface area contributed by atoms with Gasteiger partial charge in [0, 0.05) is 57.1 Å². The number of carbonyl (C=O) groups excluding carboxylic acids is 1. The fourth-order valence-electron chi connectivity index (χ4n) is 3.84. The lowest BCUT2D eigenvalue weighted by Gasteiger charge is -2.32. The van der Waals surface area contributed by atoms with E-state index in [1.165, 1.54) is 12.8 Å². The van der Waals surface area contributed by atoms with Crippen LogP contribution in [0.25, 0.3) is 0 Å². The first-order valence-corrected chi connectivity index (χ1v) is 9.40. The van der Waals surface area contributed by atoms with E-state index in [1.807, 2.05) is 25.6 Å². The molecule has 1 amide bonds. The maximum Gasteiger partial charge on any atom is 0.220 e. The molecule has 138 valence electrons. The van der Waals surface area contributed by atoms with E-state index in [0.29, 0.717) is 6.42 Å². The van der Waals surface area contributed by atoms with Crippen molar-refractivity contribution in [3.63, 3.8) is 0 Å². The molecule has 7 nitrogen and oxygen atoms in total. The molecule has 0 saturated carbocycles. The zero-order valence-electron chi connectivity index (χ0n) is 15.2. The third-order valence-corrected chi connectivity index (χ3v) is 5.29. The third kappa shape index (κ3) is 3.72. The van der Waals surface area contributed by atoms with Crippen LogP contribution in [0.3, 0.4) is 0 Å². The highest BCUT2D eigenvalue weighted by Crippen LogP contribution is 2.24. The summed E-state index contributed by atoms with van der Waals surface area (Å²) in [4.78, 5) is 18.8. The molecule has 2 aromatic heterocycles. The van der Waals surface area contributed by atoms with Gasteiger partial charge in [-0.3, -0.25) is 9.48 Å². The minimum Gasteiger partial charge on any atom is -0.357 e. The summed E-state index contributed by atoms with van der Waals surface area (Å²) in [6.45, 7) is 2.96. The van der Waals surface area contributed by atoms with E-state index >= 15 is 0 Å². The molecular weight excluding hydrogens is 328 g/mol. The highest BCUT2D eigenvalue weighted by Gasteiger charge is 2.30. The third-order valence-electron chi connectivity index (χ3n) is 5.29. The van der Waals surface area contributed by atoms with Crippen LogP contribution in [0.15, 0.2) is 30.7 Å². The van der Waals surface area contributed by atoms with Crippen molar-refractivity contribution in [3.8, 4) is 0 Å². The zero-order valence-corrected chi connectivity index (χ0v) is 15.2. The Morgan fingerprint density at radius 1 is 1.27 bits per heavy atom. The van der Waals surface area contributed by atoms with Gasteiger partial charge in [-0.2, -0.15) is 5.10 Å². The monoisotopic (exact) mass is 354 g/mol. The second kappa shape index (κ2) is 7.45. The van der Waals surface area contributed by atoms with E-state index in [4.69, 9.17) is 0 Å². The van der Waals surface area contributed by atoms with Crippen LogP contribution >= 0.6 is 0 Å². The Labute approximate surface area is 153 Å². The quantitative estimate of drug-likeness (QED) is 0.852. The molecule has 0 unspecified atom stereocenters. The van der Waals surface area contributed by atoms with Crippen molar-refractivity contribution < 1.29 is 4.79 Å². The molecule has 0 bridgehead atoms. The van der Waals surface area contributed by atoms with Crippen molar-refractivity contribution in [2.75, 3.05) is 18.0 Å². The molecule has 2 N–H and O–H groups in total. The number of nitrogens with zero attached hydrogens (tertiary/aromatic N) is 4. The molecule has 4 rings (SSSR count). The number of rotatable bonds is 5. The summed E-state index contributed by atoms with van der Waals surface area (Å²) < 4.78 is 1.77. The lowest BCUT2D eigenvalue weighted by Crippen LogP contribution is -2.48. The minimum atomic E-state index is -0.0400. The van der Waals surface area contributed by atoms with Gasteiger partial charge >= 0.3 is 0 Å². The summed E-state index contributed by atoms with van der Waals surface area (Å²) in [5.41, 5.74) is 2.20. The number of aryl methyl sites for hydroxylation is 1. The van der Waals surface area contributed by atoms with Crippen LogP contribution in [0.5, 0.6) is 0 Å². The lowest BCUT2D eigenvalue weighted by molar-refractivity contribution is -0.123. The Bertz CT molecular complexity index is 750.